The lowest BCUT2D eigenvalue weighted by Gasteiger charge is -2.26. The Labute approximate surface area is 147 Å². The molecule has 5 heteroatoms. The van der Waals surface area contributed by atoms with Gasteiger partial charge in [-0.25, -0.2) is 0 Å². The van der Waals surface area contributed by atoms with Crippen molar-refractivity contribution in [2.75, 3.05) is 6.26 Å². The molecule has 1 aliphatic rings. The van der Waals surface area contributed by atoms with E-state index in [1.165, 1.54) is 4.90 Å². The Hall–Kier alpha value is -2.01. The standard InChI is InChI=1S/C19H22N2O2S/c1-14(23-17-5-7-18(24-2)8-6-17)19(22)21(16-3-4-16)13-15-9-11-20-12-10-15/h5-12,14,16H,3-4,13H2,1-2H3/t14-/m0/s1. The smallest absolute Gasteiger partial charge is 0.263 e. The van der Waals surface area contributed by atoms with Crippen LogP contribution in [0.5, 0.6) is 5.75 Å². The second kappa shape index (κ2) is 7.71. The highest BCUT2D eigenvalue weighted by atomic mass is 32.2. The first-order chi connectivity index (χ1) is 11.7. The Bertz CT molecular complexity index is 672. The molecule has 4 nitrogen and oxygen atoms in total. The van der Waals surface area contributed by atoms with Gasteiger partial charge in [0.15, 0.2) is 6.10 Å². The summed E-state index contributed by atoms with van der Waals surface area (Å²) in [6.45, 7) is 2.44. The summed E-state index contributed by atoms with van der Waals surface area (Å²) in [6, 6.07) is 12.1. The minimum Gasteiger partial charge on any atom is -0.481 e. The molecule has 1 atom stereocenters. The van der Waals surface area contributed by atoms with Crippen LogP contribution in [0.3, 0.4) is 0 Å². The van der Waals surface area contributed by atoms with Gasteiger partial charge < -0.3 is 9.64 Å². The van der Waals surface area contributed by atoms with E-state index in [1.54, 1.807) is 24.2 Å². The van der Waals surface area contributed by atoms with Crippen molar-refractivity contribution in [1.82, 2.24) is 9.88 Å². The predicted molar refractivity (Wildman–Crippen MR) is 96.1 cm³/mol. The number of pyridine rings is 1. The Morgan fingerprint density at radius 1 is 1.25 bits per heavy atom. The van der Waals surface area contributed by atoms with Crippen LogP contribution >= 0.6 is 11.8 Å². The lowest BCUT2D eigenvalue weighted by Crippen LogP contribution is -2.41. The number of benzene rings is 1. The van der Waals surface area contributed by atoms with Crippen molar-refractivity contribution in [2.45, 2.75) is 43.4 Å². The van der Waals surface area contributed by atoms with Gasteiger partial charge >= 0.3 is 0 Å². The summed E-state index contributed by atoms with van der Waals surface area (Å²) >= 11 is 1.69. The zero-order valence-corrected chi connectivity index (χ0v) is 14.8. The molecule has 1 amide bonds. The number of aromatic nitrogens is 1. The summed E-state index contributed by atoms with van der Waals surface area (Å²) in [6.07, 6.45) is 7.22. The van der Waals surface area contributed by atoms with Crippen LogP contribution in [0.25, 0.3) is 0 Å². The summed E-state index contributed by atoms with van der Waals surface area (Å²) in [5.41, 5.74) is 1.10. The zero-order valence-electron chi connectivity index (χ0n) is 14.0. The lowest BCUT2D eigenvalue weighted by molar-refractivity contribution is -0.139. The van der Waals surface area contributed by atoms with E-state index in [0.29, 0.717) is 12.6 Å². The molecule has 0 N–H and O–H groups in total. The van der Waals surface area contributed by atoms with Crippen molar-refractivity contribution in [3.8, 4) is 5.75 Å². The summed E-state index contributed by atoms with van der Waals surface area (Å²) in [5.74, 6) is 0.775. The quantitative estimate of drug-likeness (QED) is 0.719. The van der Waals surface area contributed by atoms with Gasteiger partial charge in [-0.3, -0.25) is 9.78 Å². The number of carbonyl (C=O) groups is 1. The molecule has 1 aromatic carbocycles. The van der Waals surface area contributed by atoms with Crippen LogP contribution in [0.4, 0.5) is 0 Å². The normalized spacial score (nSPS) is 14.9. The molecular weight excluding hydrogens is 320 g/mol. The van der Waals surface area contributed by atoms with E-state index in [0.717, 1.165) is 24.2 Å². The predicted octanol–water partition coefficient (Wildman–Crippen LogP) is 3.76. The number of carbonyl (C=O) groups excluding carboxylic acids is 1. The highest BCUT2D eigenvalue weighted by molar-refractivity contribution is 7.98. The topological polar surface area (TPSA) is 42.4 Å². The SMILES string of the molecule is CSc1ccc(O[C@@H](C)C(=O)N(Cc2ccncc2)C2CC2)cc1. The molecule has 2 aromatic rings. The molecule has 126 valence electrons. The van der Waals surface area contributed by atoms with Crippen LogP contribution in [-0.2, 0) is 11.3 Å². The Kier molecular flexibility index (Phi) is 5.41. The summed E-state index contributed by atoms with van der Waals surface area (Å²) in [5, 5.41) is 0. The Morgan fingerprint density at radius 2 is 1.92 bits per heavy atom. The average molecular weight is 342 g/mol. The molecule has 1 saturated carbocycles. The van der Waals surface area contributed by atoms with Crippen molar-refractivity contribution >= 4 is 17.7 Å². The number of nitrogens with zero attached hydrogens (tertiary/aromatic N) is 2. The highest BCUT2D eigenvalue weighted by Crippen LogP contribution is 2.29. The average Bonchev–Trinajstić information content (AvgIpc) is 3.45. The van der Waals surface area contributed by atoms with Crippen molar-refractivity contribution in [3.05, 3.63) is 54.4 Å². The van der Waals surface area contributed by atoms with Crippen LogP contribution in [0.1, 0.15) is 25.3 Å². The van der Waals surface area contributed by atoms with Crippen LogP contribution in [0.15, 0.2) is 53.7 Å². The van der Waals surface area contributed by atoms with Crippen LogP contribution in [0, 0.1) is 0 Å². The molecule has 0 radical (unpaired) electrons. The first-order valence-corrected chi connectivity index (χ1v) is 9.40. The molecule has 0 aliphatic heterocycles. The maximum Gasteiger partial charge on any atom is 0.263 e. The molecule has 0 saturated heterocycles. The Morgan fingerprint density at radius 3 is 2.50 bits per heavy atom. The summed E-state index contributed by atoms with van der Waals surface area (Å²) in [7, 11) is 0. The van der Waals surface area contributed by atoms with Gasteiger partial charge in [0.05, 0.1) is 0 Å². The zero-order chi connectivity index (χ0) is 16.9. The second-order valence-corrected chi connectivity index (χ2v) is 6.87. The second-order valence-electron chi connectivity index (χ2n) is 5.99. The van der Waals surface area contributed by atoms with Gasteiger partial charge in [0.2, 0.25) is 0 Å². The molecule has 1 aliphatic carbocycles. The minimum atomic E-state index is -0.493. The van der Waals surface area contributed by atoms with E-state index in [-0.39, 0.29) is 5.91 Å². The third-order valence-corrected chi connectivity index (χ3v) is 4.84. The van der Waals surface area contributed by atoms with Crippen molar-refractivity contribution < 1.29 is 9.53 Å². The van der Waals surface area contributed by atoms with Crippen molar-refractivity contribution in [3.63, 3.8) is 0 Å². The Balaban J connectivity index is 1.65. The van der Waals surface area contributed by atoms with E-state index in [9.17, 15) is 4.79 Å². The number of hydrogen-bond acceptors (Lipinski definition) is 4. The first-order valence-electron chi connectivity index (χ1n) is 8.17. The largest absolute Gasteiger partial charge is 0.481 e. The first kappa shape index (κ1) is 16.8. The van der Waals surface area contributed by atoms with Crippen molar-refractivity contribution in [1.29, 1.82) is 0 Å². The van der Waals surface area contributed by atoms with Crippen molar-refractivity contribution in [2.24, 2.45) is 0 Å². The van der Waals surface area contributed by atoms with E-state index in [1.807, 2.05) is 54.5 Å². The number of hydrogen-bond donors (Lipinski definition) is 0. The minimum absolute atomic E-state index is 0.0447. The molecule has 0 bridgehead atoms. The lowest BCUT2D eigenvalue weighted by atomic mass is 10.2. The number of thioether (sulfide) groups is 1. The molecule has 0 spiro atoms. The van der Waals surface area contributed by atoms with Gasteiger partial charge in [-0.15, -0.1) is 11.8 Å². The van der Waals surface area contributed by atoms with Crippen LogP contribution in [0.2, 0.25) is 0 Å². The van der Waals surface area contributed by atoms with Gasteiger partial charge in [0.25, 0.3) is 5.91 Å². The van der Waals surface area contributed by atoms with Gasteiger partial charge in [0, 0.05) is 29.9 Å². The van der Waals surface area contributed by atoms with Crippen LogP contribution < -0.4 is 4.74 Å². The fourth-order valence-corrected chi connectivity index (χ4v) is 3.01. The number of amides is 1. The number of ether oxygens (including phenoxy) is 1. The molecule has 0 unspecified atom stereocenters. The molecule has 24 heavy (non-hydrogen) atoms. The fraction of sp³-hybridized carbons (Fsp3) is 0.368. The maximum atomic E-state index is 12.8. The molecule has 1 aromatic heterocycles. The maximum absolute atomic E-state index is 12.8. The van der Waals surface area contributed by atoms with Gasteiger partial charge in [-0.2, -0.15) is 0 Å². The molecule has 1 heterocycles. The molecular formula is C19H22N2O2S. The van der Waals surface area contributed by atoms with E-state index in [2.05, 4.69) is 4.98 Å². The number of rotatable bonds is 7. The third kappa shape index (κ3) is 4.29. The molecule has 1 fully saturated rings. The highest BCUT2D eigenvalue weighted by Gasteiger charge is 2.35. The van der Waals surface area contributed by atoms with E-state index in [4.69, 9.17) is 4.74 Å². The fourth-order valence-electron chi connectivity index (χ4n) is 2.60. The van der Waals surface area contributed by atoms with Gasteiger partial charge in [-0.1, -0.05) is 0 Å². The monoisotopic (exact) mass is 342 g/mol. The van der Waals surface area contributed by atoms with E-state index >= 15 is 0 Å². The molecule has 3 rings (SSSR count). The van der Waals surface area contributed by atoms with Gasteiger partial charge in [0.1, 0.15) is 5.75 Å². The van der Waals surface area contributed by atoms with Gasteiger partial charge in [-0.05, 0) is 68.0 Å². The third-order valence-electron chi connectivity index (χ3n) is 4.09. The van der Waals surface area contributed by atoms with E-state index < -0.39 is 6.10 Å². The van der Waals surface area contributed by atoms with Crippen LogP contribution in [-0.4, -0.2) is 34.2 Å². The summed E-state index contributed by atoms with van der Waals surface area (Å²) < 4.78 is 5.86. The summed E-state index contributed by atoms with van der Waals surface area (Å²) in [4.78, 5) is 20.0.